The first kappa shape index (κ1) is 30.8. The number of carboxylic acids is 1. The maximum atomic E-state index is 14.1. The van der Waals surface area contributed by atoms with Gasteiger partial charge in [-0.25, -0.2) is 9.59 Å². The van der Waals surface area contributed by atoms with Gasteiger partial charge in [0.15, 0.2) is 0 Å². The highest BCUT2D eigenvalue weighted by molar-refractivity contribution is 6.18. The second-order valence-electron chi connectivity index (χ2n) is 9.94. The van der Waals surface area contributed by atoms with Crippen molar-refractivity contribution in [3.63, 3.8) is 0 Å². The van der Waals surface area contributed by atoms with E-state index in [1.54, 1.807) is 11.0 Å². The Kier molecular flexibility index (Phi) is 12.0. The number of aliphatic hydroxyl groups is 1. The van der Waals surface area contributed by atoms with Gasteiger partial charge in [0, 0.05) is 31.6 Å². The van der Waals surface area contributed by atoms with Gasteiger partial charge in [-0.15, -0.1) is 0 Å². The van der Waals surface area contributed by atoms with Gasteiger partial charge in [0.2, 0.25) is 0 Å². The Morgan fingerprint density at radius 1 is 1.18 bits per heavy atom. The van der Waals surface area contributed by atoms with Gasteiger partial charge < -0.3 is 34.9 Å². The molecule has 12 heteroatoms. The van der Waals surface area contributed by atoms with E-state index in [2.05, 4.69) is 13.8 Å². The Hall–Kier alpha value is -2.74. The van der Waals surface area contributed by atoms with Crippen molar-refractivity contribution in [3.05, 3.63) is 42.5 Å². The van der Waals surface area contributed by atoms with Gasteiger partial charge in [0.05, 0.1) is 31.7 Å². The fourth-order valence-corrected chi connectivity index (χ4v) is 4.65. The van der Waals surface area contributed by atoms with Gasteiger partial charge in [0.25, 0.3) is 0 Å². The number of ether oxygens (including phenoxy) is 1. The molecular weight excluding hydrogens is 503 g/mol. The van der Waals surface area contributed by atoms with Gasteiger partial charge in [-0.2, -0.15) is 0 Å². The van der Waals surface area contributed by atoms with E-state index >= 15 is 0 Å². The Bertz CT molecular complexity index is 1070. The lowest BCUT2D eigenvalue weighted by molar-refractivity contribution is -0.138. The number of anilines is 1. The first-order valence-corrected chi connectivity index (χ1v) is 13.3. The van der Waals surface area contributed by atoms with E-state index in [4.69, 9.17) is 19.8 Å². The highest BCUT2D eigenvalue weighted by Crippen LogP contribution is 2.30. The molecule has 0 saturated carbocycles. The molecule has 1 radical (unpaired) electrons. The molecule has 0 aliphatic carbocycles. The molecule has 2 amide bonds. The van der Waals surface area contributed by atoms with E-state index in [1.807, 2.05) is 41.3 Å². The van der Waals surface area contributed by atoms with Crippen LogP contribution in [0.25, 0.3) is 10.8 Å². The number of morpholine rings is 1. The lowest BCUT2D eigenvalue weighted by Crippen LogP contribution is -2.62. The normalized spacial score (nSPS) is 17.4. The smallest absolute Gasteiger partial charge is 0.480 e. The first-order valence-electron chi connectivity index (χ1n) is 13.3. The number of benzene rings is 2. The van der Waals surface area contributed by atoms with Crippen LogP contribution in [0, 0.1) is 5.92 Å². The lowest BCUT2D eigenvalue weighted by atomic mass is 10.1. The zero-order chi connectivity index (χ0) is 28.4. The number of rotatable bonds is 14. The van der Waals surface area contributed by atoms with Gasteiger partial charge in [-0.3, -0.25) is 9.80 Å². The number of nitrogens with two attached hydrogens (primary N) is 1. The van der Waals surface area contributed by atoms with Crippen LogP contribution in [0.5, 0.6) is 0 Å². The molecule has 1 unspecified atom stereocenters. The molecule has 1 aliphatic heterocycles. The summed E-state index contributed by atoms with van der Waals surface area (Å²) in [6, 6.07) is 11.5. The number of aliphatic hydroxyl groups excluding tert-OH is 1. The summed E-state index contributed by atoms with van der Waals surface area (Å²) >= 11 is 0. The predicted molar refractivity (Wildman–Crippen MR) is 149 cm³/mol. The highest BCUT2D eigenvalue weighted by atomic mass is 16.6. The third-order valence-electron chi connectivity index (χ3n) is 6.63. The van der Waals surface area contributed by atoms with Crippen molar-refractivity contribution in [2.75, 3.05) is 51.0 Å². The molecule has 39 heavy (non-hydrogen) atoms. The zero-order valence-corrected chi connectivity index (χ0v) is 22.9. The van der Waals surface area contributed by atoms with Crippen LogP contribution in [0.1, 0.15) is 27.2 Å². The van der Waals surface area contributed by atoms with E-state index in [1.165, 1.54) is 19.5 Å². The van der Waals surface area contributed by atoms with E-state index in [0.717, 1.165) is 10.8 Å². The van der Waals surface area contributed by atoms with Crippen LogP contribution in [0.4, 0.5) is 10.5 Å². The quantitative estimate of drug-likeness (QED) is 0.186. The largest absolute Gasteiger partial charge is 0.489 e. The molecule has 3 rings (SSSR count). The molecule has 0 bridgehead atoms. The number of fused-ring (bicyclic) bond motifs is 1. The third kappa shape index (κ3) is 8.37. The van der Waals surface area contributed by atoms with Crippen molar-refractivity contribution in [2.24, 2.45) is 11.7 Å². The number of hydrogen-bond acceptors (Lipinski definition) is 8. The minimum Gasteiger partial charge on any atom is -0.480 e. The third-order valence-corrected chi connectivity index (χ3v) is 6.63. The van der Waals surface area contributed by atoms with Gasteiger partial charge in [-0.05, 0) is 30.7 Å². The average Bonchev–Trinajstić information content (AvgIpc) is 2.92. The van der Waals surface area contributed by atoms with Crippen molar-refractivity contribution in [2.45, 2.75) is 45.6 Å². The summed E-state index contributed by atoms with van der Waals surface area (Å²) in [5, 5.41) is 21.4. The molecule has 1 aliphatic rings. The van der Waals surface area contributed by atoms with Crippen LogP contribution in [0.2, 0.25) is 0 Å². The Balaban J connectivity index is 1.79. The van der Waals surface area contributed by atoms with Crippen LogP contribution in [-0.2, 0) is 18.8 Å². The molecule has 2 aromatic rings. The van der Waals surface area contributed by atoms with Gasteiger partial charge in [0.1, 0.15) is 12.2 Å². The van der Waals surface area contributed by atoms with Crippen molar-refractivity contribution in [1.82, 2.24) is 9.80 Å². The summed E-state index contributed by atoms with van der Waals surface area (Å²) in [6.07, 6.45) is -0.311. The predicted octanol–water partition coefficient (Wildman–Crippen LogP) is 2.09. The van der Waals surface area contributed by atoms with Crippen molar-refractivity contribution in [3.8, 4) is 0 Å². The summed E-state index contributed by atoms with van der Waals surface area (Å²) in [5.41, 5.74) is 6.42. The second-order valence-corrected chi connectivity index (χ2v) is 9.94. The molecule has 213 valence electrons. The van der Waals surface area contributed by atoms with E-state index in [-0.39, 0.29) is 32.9 Å². The molecule has 4 N–H and O–H groups in total. The van der Waals surface area contributed by atoms with Gasteiger partial charge in [-0.1, -0.05) is 50.2 Å². The summed E-state index contributed by atoms with van der Waals surface area (Å²) in [6.45, 7) is 7.08. The molecule has 1 saturated heterocycles. The summed E-state index contributed by atoms with van der Waals surface area (Å²) < 4.78 is 16.6. The monoisotopic (exact) mass is 543 g/mol. The molecular formula is C27H40BN4O7. The second kappa shape index (κ2) is 15.2. The van der Waals surface area contributed by atoms with Crippen LogP contribution >= 0.6 is 0 Å². The number of hydrogen-bond donors (Lipinski definition) is 3. The topological polar surface area (TPSA) is 138 Å². The SMILES string of the molecule is CC(C)C[C@H](N)O[B]OCCN(CCO)C1COCCN1C(=O)N(c1cccc2ccccc12)[C@@H](C)C(=O)O. The fraction of sp³-hybridized carbons (Fsp3) is 0.556. The fourth-order valence-electron chi connectivity index (χ4n) is 4.65. The van der Waals surface area contributed by atoms with E-state index in [0.29, 0.717) is 31.2 Å². The van der Waals surface area contributed by atoms with Crippen LogP contribution in [-0.4, -0.2) is 104 Å². The van der Waals surface area contributed by atoms with Gasteiger partial charge >= 0.3 is 19.7 Å². The molecule has 3 atom stereocenters. The summed E-state index contributed by atoms with van der Waals surface area (Å²) in [4.78, 5) is 31.1. The maximum Gasteiger partial charge on any atom is 0.489 e. The van der Waals surface area contributed by atoms with Crippen molar-refractivity contribution < 1.29 is 33.8 Å². The molecule has 2 aromatic carbocycles. The van der Waals surface area contributed by atoms with Crippen LogP contribution < -0.4 is 10.6 Å². The van der Waals surface area contributed by atoms with E-state index in [9.17, 15) is 19.8 Å². The van der Waals surface area contributed by atoms with Crippen molar-refractivity contribution >= 4 is 36.1 Å². The number of aliphatic carboxylic acids is 1. The Morgan fingerprint density at radius 2 is 1.92 bits per heavy atom. The van der Waals surface area contributed by atoms with Crippen LogP contribution in [0.15, 0.2) is 42.5 Å². The zero-order valence-electron chi connectivity index (χ0n) is 22.9. The lowest BCUT2D eigenvalue weighted by Gasteiger charge is -2.44. The molecule has 1 fully saturated rings. The summed E-state index contributed by atoms with van der Waals surface area (Å²) in [5.74, 6) is -0.728. The standard InChI is InChI=1S/C27H40BN4O7/c1-19(2)17-24(29)39-28-38-16-12-30(11-14-33)25-18-37-15-13-31(25)27(36)32(20(3)26(34)35)23-10-6-8-21-7-4-5-9-22(21)23/h4-10,19-20,24-25,33H,11-18,29H2,1-3H3,(H,34,35)/t20-,24+,25?/m0/s1. The Morgan fingerprint density at radius 3 is 2.64 bits per heavy atom. The van der Waals surface area contributed by atoms with Crippen LogP contribution in [0.3, 0.4) is 0 Å². The molecule has 0 spiro atoms. The molecule has 1 heterocycles. The number of carbonyl (C=O) groups is 2. The number of carbonyl (C=O) groups excluding carboxylic acids is 1. The number of urea groups is 1. The molecule has 11 nitrogen and oxygen atoms in total. The summed E-state index contributed by atoms with van der Waals surface area (Å²) in [7, 11) is 1.22. The Labute approximate surface area is 230 Å². The highest BCUT2D eigenvalue weighted by Gasteiger charge is 2.38. The number of amides is 2. The number of carboxylic acid groups (broad SMARTS) is 1. The minimum atomic E-state index is -1.12. The number of nitrogens with zero attached hydrogens (tertiary/aromatic N) is 3. The van der Waals surface area contributed by atoms with E-state index < -0.39 is 30.4 Å². The molecule has 0 aromatic heterocycles. The minimum absolute atomic E-state index is 0.142. The first-order chi connectivity index (χ1) is 18.7. The maximum absolute atomic E-state index is 14.1. The average molecular weight is 543 g/mol. The van der Waals surface area contributed by atoms with Crippen molar-refractivity contribution in [1.29, 1.82) is 0 Å².